The molecule has 0 aromatic carbocycles. The van der Waals surface area contributed by atoms with Gasteiger partial charge in [-0.15, -0.1) is 0 Å². The van der Waals surface area contributed by atoms with E-state index in [0.29, 0.717) is 13.1 Å². The minimum absolute atomic E-state index is 0.259. The van der Waals surface area contributed by atoms with E-state index in [4.69, 9.17) is 0 Å². The molecule has 1 N–H and O–H groups in total. The van der Waals surface area contributed by atoms with Gasteiger partial charge in [0, 0.05) is 32.4 Å². The first kappa shape index (κ1) is 15.1. The molecule has 104 valence electrons. The number of hydrogen-bond donors (Lipinski definition) is 1. The van der Waals surface area contributed by atoms with E-state index in [1.807, 2.05) is 24.1 Å². The molecular formula is C13H19N3O3. The number of methoxy groups -OCH3 is 1. The number of nitrogens with zero attached hydrogens (tertiary/aromatic N) is 2. The first-order valence-corrected chi connectivity index (χ1v) is 5.95. The molecular weight excluding hydrogens is 246 g/mol. The van der Waals surface area contributed by atoms with E-state index in [1.54, 1.807) is 12.4 Å². The van der Waals surface area contributed by atoms with Crippen molar-refractivity contribution in [3.05, 3.63) is 30.1 Å². The Morgan fingerprint density at radius 3 is 2.79 bits per heavy atom. The minimum atomic E-state index is -0.663. The van der Waals surface area contributed by atoms with Crippen molar-refractivity contribution in [2.45, 2.75) is 19.5 Å². The first-order chi connectivity index (χ1) is 9.02. The summed E-state index contributed by atoms with van der Waals surface area (Å²) in [7, 11) is 3.17. The van der Waals surface area contributed by atoms with Crippen molar-refractivity contribution in [1.29, 1.82) is 0 Å². The normalized spacial score (nSPS) is 12.0. The predicted octanol–water partition coefficient (Wildman–Crippen LogP) is 0.191. The number of esters is 1. The molecule has 0 aliphatic heterocycles. The highest BCUT2D eigenvalue weighted by molar-refractivity contribution is 5.83. The maximum Gasteiger partial charge on any atom is 0.329 e. The van der Waals surface area contributed by atoms with Gasteiger partial charge in [-0.2, -0.15) is 0 Å². The molecule has 1 unspecified atom stereocenters. The van der Waals surface area contributed by atoms with Crippen molar-refractivity contribution < 1.29 is 14.3 Å². The Balaban J connectivity index is 2.58. The molecule has 19 heavy (non-hydrogen) atoms. The van der Waals surface area contributed by atoms with Crippen LogP contribution in [-0.4, -0.2) is 48.5 Å². The fourth-order valence-electron chi connectivity index (χ4n) is 1.75. The maximum absolute atomic E-state index is 11.6. The maximum atomic E-state index is 11.6. The minimum Gasteiger partial charge on any atom is -0.467 e. The lowest BCUT2D eigenvalue weighted by molar-refractivity contribution is -0.145. The smallest absolute Gasteiger partial charge is 0.329 e. The van der Waals surface area contributed by atoms with Gasteiger partial charge in [0.2, 0.25) is 5.91 Å². The van der Waals surface area contributed by atoms with E-state index in [-0.39, 0.29) is 5.91 Å². The number of amides is 1. The molecule has 0 fully saturated rings. The van der Waals surface area contributed by atoms with Crippen LogP contribution in [0.15, 0.2) is 24.5 Å². The first-order valence-electron chi connectivity index (χ1n) is 5.95. The van der Waals surface area contributed by atoms with Crippen LogP contribution >= 0.6 is 0 Å². The Morgan fingerprint density at radius 2 is 2.26 bits per heavy atom. The quantitative estimate of drug-likeness (QED) is 0.743. The molecule has 0 saturated carbocycles. The molecule has 6 nitrogen and oxygen atoms in total. The van der Waals surface area contributed by atoms with Gasteiger partial charge in [-0.3, -0.25) is 14.7 Å². The summed E-state index contributed by atoms with van der Waals surface area (Å²) in [5.74, 6) is -0.710. The van der Waals surface area contributed by atoms with Gasteiger partial charge in [-0.1, -0.05) is 6.07 Å². The number of aromatic nitrogens is 1. The summed E-state index contributed by atoms with van der Waals surface area (Å²) in [6.45, 7) is 2.39. The van der Waals surface area contributed by atoms with E-state index < -0.39 is 12.0 Å². The molecule has 1 atom stereocenters. The van der Waals surface area contributed by atoms with Crippen LogP contribution in [0.25, 0.3) is 0 Å². The summed E-state index contributed by atoms with van der Waals surface area (Å²) < 4.78 is 4.67. The van der Waals surface area contributed by atoms with Crippen LogP contribution in [0.5, 0.6) is 0 Å². The summed E-state index contributed by atoms with van der Waals surface area (Å²) in [6, 6.07) is 3.15. The van der Waals surface area contributed by atoms with Crippen molar-refractivity contribution in [1.82, 2.24) is 15.2 Å². The second kappa shape index (κ2) is 7.48. The summed E-state index contributed by atoms with van der Waals surface area (Å²) in [6.07, 6.45) is 3.47. The van der Waals surface area contributed by atoms with Gasteiger partial charge in [0.15, 0.2) is 0 Å². The third kappa shape index (κ3) is 5.48. The summed E-state index contributed by atoms with van der Waals surface area (Å²) in [5, 5.41) is 2.58. The number of likely N-dealkylation sites (N-methyl/N-ethyl adjacent to an activating group) is 1. The van der Waals surface area contributed by atoms with Crippen LogP contribution < -0.4 is 5.32 Å². The van der Waals surface area contributed by atoms with Crippen molar-refractivity contribution in [2.75, 3.05) is 20.7 Å². The fourth-order valence-corrected chi connectivity index (χ4v) is 1.75. The standard InChI is InChI=1S/C13H19N3O3/c1-10(17)15-12(13(18)19-3)9-16(2)8-11-5-4-6-14-7-11/h4-7,12H,8-9H2,1-3H3,(H,15,17). The largest absolute Gasteiger partial charge is 0.467 e. The molecule has 1 rings (SSSR count). The average molecular weight is 265 g/mol. The number of nitrogens with one attached hydrogen (secondary N) is 1. The second-order valence-electron chi connectivity index (χ2n) is 4.33. The topological polar surface area (TPSA) is 71.5 Å². The van der Waals surface area contributed by atoms with Crippen LogP contribution in [0.1, 0.15) is 12.5 Å². The SMILES string of the molecule is COC(=O)C(CN(C)Cc1cccnc1)NC(C)=O. The molecule has 1 amide bonds. The van der Waals surface area contributed by atoms with E-state index in [2.05, 4.69) is 15.0 Å². The number of carbonyl (C=O) groups is 2. The van der Waals surface area contributed by atoms with Crippen LogP contribution in [0.2, 0.25) is 0 Å². The zero-order chi connectivity index (χ0) is 14.3. The Hall–Kier alpha value is -1.95. The fraction of sp³-hybridized carbons (Fsp3) is 0.462. The molecule has 1 aromatic heterocycles. The summed E-state index contributed by atoms with van der Waals surface area (Å²) in [5.41, 5.74) is 1.04. The summed E-state index contributed by atoms with van der Waals surface area (Å²) >= 11 is 0. The van der Waals surface area contributed by atoms with Crippen LogP contribution in [-0.2, 0) is 20.9 Å². The van der Waals surface area contributed by atoms with Gasteiger partial charge in [0.05, 0.1) is 7.11 Å². The molecule has 0 aliphatic rings. The van der Waals surface area contributed by atoms with Gasteiger partial charge in [0.25, 0.3) is 0 Å². The molecule has 0 bridgehead atoms. The number of pyridine rings is 1. The number of ether oxygens (including phenoxy) is 1. The van der Waals surface area contributed by atoms with Crippen LogP contribution in [0, 0.1) is 0 Å². The van der Waals surface area contributed by atoms with Gasteiger partial charge >= 0.3 is 5.97 Å². The van der Waals surface area contributed by atoms with Gasteiger partial charge in [-0.05, 0) is 18.7 Å². The van der Waals surface area contributed by atoms with Gasteiger partial charge < -0.3 is 10.1 Å². The van der Waals surface area contributed by atoms with Crippen molar-refractivity contribution in [3.8, 4) is 0 Å². The van der Waals surface area contributed by atoms with E-state index in [9.17, 15) is 9.59 Å². The Labute approximate surface area is 112 Å². The highest BCUT2D eigenvalue weighted by atomic mass is 16.5. The summed E-state index contributed by atoms with van der Waals surface area (Å²) in [4.78, 5) is 28.6. The molecule has 0 aliphatic carbocycles. The lowest BCUT2D eigenvalue weighted by atomic mass is 10.2. The lowest BCUT2D eigenvalue weighted by Gasteiger charge is -2.22. The number of rotatable bonds is 6. The Morgan fingerprint density at radius 1 is 1.53 bits per heavy atom. The molecule has 0 saturated heterocycles. The highest BCUT2D eigenvalue weighted by Crippen LogP contribution is 2.02. The zero-order valence-electron chi connectivity index (χ0n) is 11.4. The monoisotopic (exact) mass is 265 g/mol. The van der Waals surface area contributed by atoms with E-state index in [0.717, 1.165) is 5.56 Å². The highest BCUT2D eigenvalue weighted by Gasteiger charge is 2.21. The van der Waals surface area contributed by atoms with E-state index in [1.165, 1.54) is 14.0 Å². The Bertz CT molecular complexity index is 422. The third-order valence-corrected chi connectivity index (χ3v) is 2.53. The molecule has 1 heterocycles. The Kier molecular flexibility index (Phi) is 5.95. The van der Waals surface area contributed by atoms with Crippen LogP contribution in [0.3, 0.4) is 0 Å². The van der Waals surface area contributed by atoms with Crippen molar-refractivity contribution >= 4 is 11.9 Å². The zero-order valence-corrected chi connectivity index (χ0v) is 11.4. The van der Waals surface area contributed by atoms with Gasteiger partial charge in [0.1, 0.15) is 6.04 Å². The average Bonchev–Trinajstić information content (AvgIpc) is 2.37. The number of carbonyl (C=O) groups excluding carboxylic acids is 2. The second-order valence-corrected chi connectivity index (χ2v) is 4.33. The molecule has 6 heteroatoms. The predicted molar refractivity (Wildman–Crippen MR) is 70.2 cm³/mol. The molecule has 0 radical (unpaired) electrons. The lowest BCUT2D eigenvalue weighted by Crippen LogP contribution is -2.47. The molecule has 1 aromatic rings. The molecule has 0 spiro atoms. The number of hydrogen-bond acceptors (Lipinski definition) is 5. The van der Waals surface area contributed by atoms with Gasteiger partial charge in [-0.25, -0.2) is 4.79 Å². The van der Waals surface area contributed by atoms with Crippen molar-refractivity contribution in [2.24, 2.45) is 0 Å². The van der Waals surface area contributed by atoms with Crippen LogP contribution in [0.4, 0.5) is 0 Å². The third-order valence-electron chi connectivity index (χ3n) is 2.53. The van der Waals surface area contributed by atoms with Crippen molar-refractivity contribution in [3.63, 3.8) is 0 Å². The van der Waals surface area contributed by atoms with E-state index >= 15 is 0 Å².